The lowest BCUT2D eigenvalue weighted by atomic mass is 10.0. The SMILES string of the molecule is COc1cc(-c2nc(C(=O)N[C@@H](Cc3c[nH]c4ccccc34)C(=O)N[C@@H](Cc3c[nH]c4ccccc34)C(=O)N[C@@H](CCCCN)C(=O)OCc3ccccc3)cc3c2[nH]c2ccccc23)ccc1O. The van der Waals surface area contributed by atoms with Gasteiger partial charge in [-0.25, -0.2) is 9.78 Å². The monoisotopic (exact) mass is 924 g/mol. The van der Waals surface area contributed by atoms with Crippen molar-refractivity contribution in [1.29, 1.82) is 0 Å². The van der Waals surface area contributed by atoms with Crippen LogP contribution in [0.2, 0.25) is 0 Å². The number of para-hydroxylation sites is 3. The molecule has 0 aliphatic heterocycles. The van der Waals surface area contributed by atoms with E-state index in [1.54, 1.807) is 30.6 Å². The van der Waals surface area contributed by atoms with Crippen LogP contribution in [-0.2, 0) is 38.6 Å². The predicted octanol–water partition coefficient (Wildman–Crippen LogP) is 7.49. The molecule has 350 valence electrons. The highest BCUT2D eigenvalue weighted by Crippen LogP contribution is 2.36. The van der Waals surface area contributed by atoms with E-state index < -0.39 is 41.8 Å². The summed E-state index contributed by atoms with van der Waals surface area (Å²) >= 11 is 0. The summed E-state index contributed by atoms with van der Waals surface area (Å²) in [6.45, 7) is 0.418. The summed E-state index contributed by atoms with van der Waals surface area (Å²) in [6.07, 6.45) is 5.10. The molecule has 9 aromatic rings. The van der Waals surface area contributed by atoms with Gasteiger partial charge in [-0.3, -0.25) is 14.4 Å². The quantitative estimate of drug-likeness (QED) is 0.0296. The molecule has 4 aromatic heterocycles. The molecule has 69 heavy (non-hydrogen) atoms. The molecule has 0 unspecified atom stereocenters. The van der Waals surface area contributed by atoms with Crippen molar-refractivity contribution in [3.63, 3.8) is 0 Å². The van der Waals surface area contributed by atoms with E-state index in [9.17, 15) is 19.5 Å². The molecule has 3 atom stereocenters. The van der Waals surface area contributed by atoms with E-state index in [-0.39, 0.29) is 43.1 Å². The zero-order valence-electron chi connectivity index (χ0n) is 37.9. The van der Waals surface area contributed by atoms with Crippen molar-refractivity contribution in [1.82, 2.24) is 35.9 Å². The third-order valence-electron chi connectivity index (χ3n) is 12.4. The van der Waals surface area contributed by atoms with Gasteiger partial charge in [-0.2, -0.15) is 0 Å². The van der Waals surface area contributed by atoms with Crippen LogP contribution in [0.3, 0.4) is 0 Å². The van der Waals surface area contributed by atoms with Gasteiger partial charge in [0.05, 0.1) is 18.3 Å². The summed E-state index contributed by atoms with van der Waals surface area (Å²) in [7, 11) is 1.45. The van der Waals surface area contributed by atoms with Crippen LogP contribution in [0.25, 0.3) is 54.9 Å². The summed E-state index contributed by atoms with van der Waals surface area (Å²) in [5.41, 5.74) is 12.3. The highest BCUT2D eigenvalue weighted by atomic mass is 16.5. The minimum Gasteiger partial charge on any atom is -0.504 e. The van der Waals surface area contributed by atoms with E-state index in [2.05, 4.69) is 30.9 Å². The summed E-state index contributed by atoms with van der Waals surface area (Å²) in [6, 6.07) is 35.2. The molecule has 0 fully saturated rings. The summed E-state index contributed by atoms with van der Waals surface area (Å²) in [5.74, 6) is -2.35. The van der Waals surface area contributed by atoms with E-state index in [1.165, 1.54) is 13.2 Å². The number of ether oxygens (including phenoxy) is 2. The van der Waals surface area contributed by atoms with Gasteiger partial charge in [0.2, 0.25) is 11.8 Å². The minimum atomic E-state index is -1.23. The van der Waals surface area contributed by atoms with Crippen molar-refractivity contribution in [3.05, 3.63) is 162 Å². The molecule has 0 aliphatic carbocycles. The van der Waals surface area contributed by atoms with Gasteiger partial charge in [0.25, 0.3) is 5.91 Å². The Hall–Kier alpha value is -8.43. The summed E-state index contributed by atoms with van der Waals surface area (Å²) in [5, 5.41) is 22.6. The second-order valence-corrected chi connectivity index (χ2v) is 17.0. The number of phenolic OH excluding ortho intramolecular Hbond substituents is 1. The second-order valence-electron chi connectivity index (χ2n) is 17.0. The van der Waals surface area contributed by atoms with Gasteiger partial charge in [-0.1, -0.05) is 84.9 Å². The molecule has 0 spiro atoms. The molecule has 0 aliphatic rings. The lowest BCUT2D eigenvalue weighted by Crippen LogP contribution is -2.57. The van der Waals surface area contributed by atoms with Crippen LogP contribution in [0.15, 0.2) is 140 Å². The Bertz CT molecular complexity index is 3300. The molecular weight excluding hydrogens is 873 g/mol. The number of nitrogens with two attached hydrogens (primary N) is 1. The molecule has 9 rings (SSSR count). The first kappa shape index (κ1) is 45.7. The van der Waals surface area contributed by atoms with Crippen molar-refractivity contribution in [2.45, 2.75) is 56.8 Å². The van der Waals surface area contributed by atoms with Gasteiger partial charge in [0.15, 0.2) is 11.5 Å². The van der Waals surface area contributed by atoms with Crippen LogP contribution in [0.4, 0.5) is 0 Å². The van der Waals surface area contributed by atoms with E-state index in [0.29, 0.717) is 41.5 Å². The maximum absolute atomic E-state index is 15.0. The van der Waals surface area contributed by atoms with Crippen LogP contribution in [0.1, 0.15) is 46.4 Å². The number of aromatic nitrogens is 4. The van der Waals surface area contributed by atoms with E-state index in [0.717, 1.165) is 49.4 Å². The molecule has 15 heteroatoms. The predicted molar refractivity (Wildman–Crippen MR) is 266 cm³/mol. The largest absolute Gasteiger partial charge is 0.504 e. The number of pyridine rings is 1. The lowest BCUT2D eigenvalue weighted by molar-refractivity contribution is -0.149. The van der Waals surface area contributed by atoms with Gasteiger partial charge in [-0.05, 0) is 85.0 Å². The second kappa shape index (κ2) is 20.6. The molecule has 9 N–H and O–H groups in total. The number of aromatic amines is 3. The normalized spacial score (nSPS) is 12.7. The van der Waals surface area contributed by atoms with E-state index >= 15 is 4.79 Å². The summed E-state index contributed by atoms with van der Waals surface area (Å²) < 4.78 is 11.1. The molecule has 0 bridgehead atoms. The Labute approximate surface area is 396 Å². The van der Waals surface area contributed by atoms with Gasteiger partial charge >= 0.3 is 5.97 Å². The fourth-order valence-corrected chi connectivity index (χ4v) is 8.80. The number of phenols is 1. The minimum absolute atomic E-state index is 0.0143. The average Bonchev–Trinajstić information content (AvgIpc) is 4.10. The number of H-pyrrole nitrogens is 3. The molecule has 3 amide bonds. The number of methoxy groups -OCH3 is 1. The van der Waals surface area contributed by atoms with Crippen LogP contribution >= 0.6 is 0 Å². The molecule has 0 saturated heterocycles. The fraction of sp³-hybridized carbons (Fsp3) is 0.204. The van der Waals surface area contributed by atoms with Crippen molar-refractivity contribution in [3.8, 4) is 22.8 Å². The number of amides is 3. The third-order valence-corrected chi connectivity index (χ3v) is 12.4. The first-order chi connectivity index (χ1) is 33.7. The zero-order valence-corrected chi connectivity index (χ0v) is 37.9. The Morgan fingerprint density at radius 2 is 1.26 bits per heavy atom. The molecule has 4 heterocycles. The fourth-order valence-electron chi connectivity index (χ4n) is 8.80. The molecule has 5 aromatic carbocycles. The highest BCUT2D eigenvalue weighted by molar-refractivity contribution is 6.13. The molecular formula is C54H52N8O7. The van der Waals surface area contributed by atoms with E-state index in [1.807, 2.05) is 103 Å². The number of unbranched alkanes of at least 4 members (excludes halogenated alkanes) is 1. The number of nitrogens with zero attached hydrogens (tertiary/aromatic N) is 1. The van der Waals surface area contributed by atoms with Gasteiger partial charge < -0.3 is 51.2 Å². The Balaban J connectivity index is 1.06. The first-order valence-corrected chi connectivity index (χ1v) is 22.9. The number of carbonyl (C=O) groups excluding carboxylic acids is 4. The summed E-state index contributed by atoms with van der Waals surface area (Å²) in [4.78, 5) is 73.0. The smallest absolute Gasteiger partial charge is 0.328 e. The topological polar surface area (TPSA) is 229 Å². The highest BCUT2D eigenvalue weighted by Gasteiger charge is 2.32. The van der Waals surface area contributed by atoms with Gasteiger partial charge in [-0.15, -0.1) is 0 Å². The number of nitrogens with one attached hydrogen (secondary N) is 6. The van der Waals surface area contributed by atoms with Crippen molar-refractivity contribution in [2.24, 2.45) is 5.73 Å². The van der Waals surface area contributed by atoms with Crippen LogP contribution < -0.4 is 26.4 Å². The van der Waals surface area contributed by atoms with Crippen molar-refractivity contribution >= 4 is 67.3 Å². The number of benzene rings is 5. The molecule has 15 nitrogen and oxygen atoms in total. The standard InChI is InChI=1S/C54H52N8O7/c1-68-48-27-33(22-23-47(48)63)49-50-39(38-17-7-10-20-42(38)58-50)28-46(59-49)53(66)62-45(26-35-30-57-41-19-9-6-16-37(35)41)52(65)61-44(25-34-29-56-40-18-8-5-15-36(34)40)51(64)60-43(21-11-12-24-55)54(67)69-31-32-13-3-2-4-14-32/h2-10,13-20,22-23,27-30,43-45,56-58,63H,11-12,21,24-26,31,55H2,1H3,(H,60,64)(H,61,65)(H,62,66)/t43-,44-,45-/m0/s1. The Morgan fingerprint density at radius 1 is 0.667 bits per heavy atom. The van der Waals surface area contributed by atoms with E-state index in [4.69, 9.17) is 20.2 Å². The number of hydrogen-bond acceptors (Lipinski definition) is 9. The number of hydrogen-bond donors (Lipinski definition) is 8. The number of carbonyl (C=O) groups is 4. The molecule has 0 saturated carbocycles. The maximum atomic E-state index is 15.0. The zero-order chi connectivity index (χ0) is 47.9. The lowest BCUT2D eigenvalue weighted by Gasteiger charge is -2.25. The van der Waals surface area contributed by atoms with Gasteiger partial charge in [0, 0.05) is 68.9 Å². The number of aromatic hydroxyl groups is 1. The van der Waals surface area contributed by atoms with Crippen molar-refractivity contribution in [2.75, 3.05) is 13.7 Å². The van der Waals surface area contributed by atoms with Gasteiger partial charge in [0.1, 0.15) is 30.4 Å². The maximum Gasteiger partial charge on any atom is 0.328 e. The third kappa shape index (κ3) is 10.1. The number of esters is 1. The van der Waals surface area contributed by atoms with Crippen molar-refractivity contribution < 1.29 is 33.8 Å². The first-order valence-electron chi connectivity index (χ1n) is 22.9. The number of rotatable bonds is 19. The number of fused-ring (bicyclic) bond motifs is 5. The Morgan fingerprint density at radius 3 is 1.91 bits per heavy atom. The Kier molecular flexibility index (Phi) is 13.7. The molecule has 0 radical (unpaired) electrons. The van der Waals surface area contributed by atoms with Crippen LogP contribution in [0, 0.1) is 0 Å². The van der Waals surface area contributed by atoms with Crippen LogP contribution in [0.5, 0.6) is 11.5 Å². The average molecular weight is 925 g/mol. The van der Waals surface area contributed by atoms with Crippen LogP contribution in [-0.4, -0.2) is 80.5 Å².